The first kappa shape index (κ1) is 15.8. The molecule has 1 fully saturated rings. The Kier molecular flexibility index (Phi) is 4.82. The maximum Gasteiger partial charge on any atom is 0.274 e. The summed E-state index contributed by atoms with van der Waals surface area (Å²) in [7, 11) is 0. The normalized spacial score (nSPS) is 15.5. The molecule has 0 unspecified atom stereocenters. The molecule has 0 aliphatic carbocycles. The Morgan fingerprint density at radius 2 is 1.87 bits per heavy atom. The van der Waals surface area contributed by atoms with Gasteiger partial charge in [0.05, 0.1) is 11.9 Å². The summed E-state index contributed by atoms with van der Waals surface area (Å²) >= 11 is 5.84. The fraction of sp³-hybridized carbons (Fsp3) is 0.333. The van der Waals surface area contributed by atoms with Crippen LogP contribution in [0.5, 0.6) is 0 Å². The molecule has 0 bridgehead atoms. The maximum absolute atomic E-state index is 12.2. The molecule has 0 radical (unpaired) electrons. The Morgan fingerprint density at radius 3 is 2.48 bits per heavy atom. The highest BCUT2D eigenvalue weighted by Gasteiger charge is 2.16. The molecule has 2 aromatic rings. The summed E-state index contributed by atoms with van der Waals surface area (Å²) < 4.78 is 0. The zero-order valence-electron chi connectivity index (χ0n) is 13.1. The molecule has 1 saturated heterocycles. The van der Waals surface area contributed by atoms with Crippen LogP contribution in [0, 0.1) is 5.92 Å². The molecule has 0 spiro atoms. The van der Waals surface area contributed by atoms with Gasteiger partial charge in [0.1, 0.15) is 5.69 Å². The van der Waals surface area contributed by atoms with E-state index in [2.05, 4.69) is 22.1 Å². The number of anilines is 2. The first-order chi connectivity index (χ1) is 11.1. The minimum absolute atomic E-state index is 0.217. The van der Waals surface area contributed by atoms with Crippen LogP contribution in [0.25, 0.3) is 0 Å². The van der Waals surface area contributed by atoms with Gasteiger partial charge in [0.2, 0.25) is 0 Å². The second kappa shape index (κ2) is 7.01. The fourth-order valence-corrected chi connectivity index (χ4v) is 2.83. The van der Waals surface area contributed by atoms with Crippen LogP contribution < -0.4 is 10.2 Å². The summed E-state index contributed by atoms with van der Waals surface area (Å²) in [5.41, 5.74) is 2.20. The number of amides is 1. The molecular weight excluding hydrogens is 310 g/mol. The van der Waals surface area contributed by atoms with E-state index < -0.39 is 0 Å². The number of nitrogens with one attached hydrogen (secondary N) is 1. The third kappa shape index (κ3) is 4.02. The van der Waals surface area contributed by atoms with Gasteiger partial charge >= 0.3 is 0 Å². The van der Waals surface area contributed by atoms with Crippen molar-refractivity contribution >= 4 is 28.9 Å². The summed E-state index contributed by atoms with van der Waals surface area (Å²) in [4.78, 5) is 18.8. The lowest BCUT2D eigenvalue weighted by Gasteiger charge is -2.31. The van der Waals surface area contributed by atoms with Crippen molar-refractivity contribution in [1.29, 1.82) is 0 Å². The van der Waals surface area contributed by atoms with Crippen molar-refractivity contribution in [3.05, 3.63) is 53.3 Å². The highest BCUT2D eigenvalue weighted by Crippen LogP contribution is 2.22. The topological polar surface area (TPSA) is 45.2 Å². The minimum atomic E-state index is -0.217. The van der Waals surface area contributed by atoms with Crippen LogP contribution in [0.4, 0.5) is 11.4 Å². The Morgan fingerprint density at radius 1 is 1.17 bits per heavy atom. The van der Waals surface area contributed by atoms with Crippen molar-refractivity contribution in [3.63, 3.8) is 0 Å². The number of benzene rings is 1. The third-order valence-electron chi connectivity index (χ3n) is 4.23. The van der Waals surface area contributed by atoms with Crippen molar-refractivity contribution in [2.45, 2.75) is 19.8 Å². The van der Waals surface area contributed by atoms with Crippen molar-refractivity contribution in [2.75, 3.05) is 23.3 Å². The molecule has 120 valence electrons. The van der Waals surface area contributed by atoms with E-state index in [0.29, 0.717) is 16.4 Å². The van der Waals surface area contributed by atoms with Crippen LogP contribution in [-0.2, 0) is 0 Å². The molecule has 0 saturated carbocycles. The minimum Gasteiger partial charge on any atom is -0.370 e. The Hall–Kier alpha value is -2.07. The SMILES string of the molecule is CC1CCN(c2ccc(C(=O)Nc3ccc(Cl)cc3)nc2)CC1. The van der Waals surface area contributed by atoms with Crippen molar-refractivity contribution in [2.24, 2.45) is 5.92 Å². The summed E-state index contributed by atoms with van der Waals surface area (Å²) in [6.07, 6.45) is 4.20. The number of carbonyl (C=O) groups is 1. The number of aromatic nitrogens is 1. The monoisotopic (exact) mass is 329 g/mol. The van der Waals surface area contributed by atoms with Crippen LogP contribution in [0.3, 0.4) is 0 Å². The van der Waals surface area contributed by atoms with E-state index in [1.54, 1.807) is 36.5 Å². The van der Waals surface area contributed by atoms with Crippen molar-refractivity contribution < 1.29 is 4.79 Å². The average molecular weight is 330 g/mol. The Balaban J connectivity index is 1.64. The molecule has 1 amide bonds. The second-order valence-electron chi connectivity index (χ2n) is 6.03. The molecule has 1 aromatic heterocycles. The van der Waals surface area contributed by atoms with E-state index in [4.69, 9.17) is 11.6 Å². The maximum atomic E-state index is 12.2. The van der Waals surface area contributed by atoms with Crippen LogP contribution >= 0.6 is 11.6 Å². The van der Waals surface area contributed by atoms with E-state index in [0.717, 1.165) is 24.7 Å². The molecule has 1 aliphatic rings. The molecule has 2 heterocycles. The molecule has 1 aliphatic heterocycles. The lowest BCUT2D eigenvalue weighted by molar-refractivity contribution is 0.102. The quantitative estimate of drug-likeness (QED) is 0.916. The van der Waals surface area contributed by atoms with Gasteiger partial charge in [-0.05, 0) is 55.2 Å². The lowest BCUT2D eigenvalue weighted by atomic mass is 9.99. The summed E-state index contributed by atoms with van der Waals surface area (Å²) in [5, 5.41) is 3.46. The van der Waals surface area contributed by atoms with Crippen LogP contribution in [-0.4, -0.2) is 24.0 Å². The number of hydrogen-bond donors (Lipinski definition) is 1. The number of carbonyl (C=O) groups excluding carboxylic acids is 1. The number of nitrogens with zero attached hydrogens (tertiary/aromatic N) is 2. The second-order valence-corrected chi connectivity index (χ2v) is 6.47. The van der Waals surface area contributed by atoms with Gasteiger partial charge in [-0.3, -0.25) is 4.79 Å². The van der Waals surface area contributed by atoms with Crippen LogP contribution in [0.1, 0.15) is 30.3 Å². The molecule has 4 nitrogen and oxygen atoms in total. The van der Waals surface area contributed by atoms with Gasteiger partial charge in [-0.2, -0.15) is 0 Å². The summed E-state index contributed by atoms with van der Waals surface area (Å²) in [6, 6.07) is 10.8. The molecule has 0 atom stereocenters. The first-order valence-electron chi connectivity index (χ1n) is 7.90. The van der Waals surface area contributed by atoms with E-state index in [1.807, 2.05) is 6.07 Å². The average Bonchev–Trinajstić information content (AvgIpc) is 2.58. The van der Waals surface area contributed by atoms with Crippen molar-refractivity contribution in [3.8, 4) is 0 Å². The predicted molar refractivity (Wildman–Crippen MR) is 94.3 cm³/mol. The van der Waals surface area contributed by atoms with Gasteiger partial charge in [-0.1, -0.05) is 18.5 Å². The highest BCUT2D eigenvalue weighted by molar-refractivity contribution is 6.30. The highest BCUT2D eigenvalue weighted by atomic mass is 35.5. The van der Waals surface area contributed by atoms with Gasteiger partial charge in [0, 0.05) is 23.8 Å². The first-order valence-corrected chi connectivity index (χ1v) is 8.27. The summed E-state index contributed by atoms with van der Waals surface area (Å²) in [5.74, 6) is 0.578. The van der Waals surface area contributed by atoms with Crippen LogP contribution in [0.15, 0.2) is 42.6 Å². The molecule has 3 rings (SSSR count). The zero-order valence-corrected chi connectivity index (χ0v) is 13.9. The number of piperidine rings is 1. The van der Waals surface area contributed by atoms with Gasteiger partial charge in [0.25, 0.3) is 5.91 Å². The van der Waals surface area contributed by atoms with Crippen molar-refractivity contribution in [1.82, 2.24) is 4.98 Å². The van der Waals surface area contributed by atoms with Gasteiger partial charge in [-0.25, -0.2) is 4.98 Å². The van der Waals surface area contributed by atoms with Gasteiger partial charge in [0.15, 0.2) is 0 Å². The zero-order chi connectivity index (χ0) is 16.2. The van der Waals surface area contributed by atoms with Gasteiger partial charge < -0.3 is 10.2 Å². The standard InChI is InChI=1S/C18H20ClN3O/c1-13-8-10-22(11-9-13)16-6-7-17(20-12-16)18(23)21-15-4-2-14(19)3-5-15/h2-7,12-13H,8-11H2,1H3,(H,21,23). The van der Waals surface area contributed by atoms with Gasteiger partial charge in [-0.15, -0.1) is 0 Å². The van der Waals surface area contributed by atoms with E-state index in [-0.39, 0.29) is 5.91 Å². The Bertz CT molecular complexity index is 662. The molecule has 5 heteroatoms. The predicted octanol–water partition coefficient (Wildman–Crippen LogP) is 4.22. The van der Waals surface area contributed by atoms with Crippen LogP contribution in [0.2, 0.25) is 5.02 Å². The lowest BCUT2D eigenvalue weighted by Crippen LogP contribution is -2.32. The van der Waals surface area contributed by atoms with E-state index in [9.17, 15) is 4.79 Å². The van der Waals surface area contributed by atoms with E-state index in [1.165, 1.54) is 12.8 Å². The third-order valence-corrected chi connectivity index (χ3v) is 4.48. The fourth-order valence-electron chi connectivity index (χ4n) is 2.70. The number of hydrogen-bond acceptors (Lipinski definition) is 3. The molecular formula is C18H20ClN3O. The number of halogens is 1. The molecule has 1 N–H and O–H groups in total. The van der Waals surface area contributed by atoms with E-state index >= 15 is 0 Å². The Labute approximate surface area is 141 Å². The largest absolute Gasteiger partial charge is 0.370 e. The summed E-state index contributed by atoms with van der Waals surface area (Å²) in [6.45, 7) is 4.40. The number of rotatable bonds is 3. The molecule has 1 aromatic carbocycles. The molecule has 23 heavy (non-hydrogen) atoms. The smallest absolute Gasteiger partial charge is 0.274 e. The number of pyridine rings is 1.